The summed E-state index contributed by atoms with van der Waals surface area (Å²) in [5, 5.41) is 0. The Morgan fingerprint density at radius 3 is 2.64 bits per heavy atom. The van der Waals surface area contributed by atoms with Crippen LogP contribution in [0, 0.1) is 5.92 Å². The fourth-order valence-corrected chi connectivity index (χ4v) is 2.36. The predicted octanol–water partition coefficient (Wildman–Crippen LogP) is 0.290. The van der Waals surface area contributed by atoms with Crippen LogP contribution in [0.5, 0.6) is 0 Å². The first-order chi connectivity index (χ1) is 6.38. The normalized spacial score (nSPS) is 23.6. The van der Waals surface area contributed by atoms with Gasteiger partial charge in [0, 0.05) is 19.3 Å². The second-order valence-electron chi connectivity index (χ2n) is 4.16. The first kappa shape index (κ1) is 11.5. The second-order valence-corrected chi connectivity index (χ2v) is 6.30. The zero-order valence-electron chi connectivity index (χ0n) is 8.69. The van der Waals surface area contributed by atoms with E-state index < -0.39 is 9.84 Å². The van der Waals surface area contributed by atoms with Crippen molar-refractivity contribution in [2.24, 2.45) is 5.92 Å². The third-order valence-electron chi connectivity index (χ3n) is 2.40. The fourth-order valence-electron chi connectivity index (χ4n) is 1.73. The molecule has 0 aromatic carbocycles. The van der Waals surface area contributed by atoms with Crippen molar-refractivity contribution in [2.75, 3.05) is 25.1 Å². The van der Waals surface area contributed by atoms with Gasteiger partial charge in [-0.25, -0.2) is 8.42 Å². The Kier molecular flexibility index (Phi) is 3.53. The van der Waals surface area contributed by atoms with Gasteiger partial charge < -0.3 is 4.90 Å². The summed E-state index contributed by atoms with van der Waals surface area (Å²) in [6, 6.07) is 0. The molecule has 1 aliphatic rings. The van der Waals surface area contributed by atoms with Crippen LogP contribution in [0.4, 0.5) is 0 Å². The monoisotopic (exact) mass is 219 g/mol. The van der Waals surface area contributed by atoms with Gasteiger partial charge in [-0.15, -0.1) is 0 Å². The zero-order valence-corrected chi connectivity index (χ0v) is 9.51. The first-order valence-electron chi connectivity index (χ1n) is 4.84. The molecule has 1 saturated heterocycles. The van der Waals surface area contributed by atoms with Crippen LogP contribution < -0.4 is 0 Å². The number of carbonyl (C=O) groups is 1. The first-order valence-corrected chi connectivity index (χ1v) is 6.90. The van der Waals surface area contributed by atoms with Crippen LogP contribution in [-0.2, 0) is 14.6 Å². The third-order valence-corrected chi connectivity index (χ3v) is 3.17. The Bertz CT molecular complexity index is 310. The highest BCUT2D eigenvalue weighted by atomic mass is 32.2. The molecule has 0 bridgehead atoms. The quantitative estimate of drug-likeness (QED) is 0.670. The molecule has 5 heteroatoms. The lowest BCUT2D eigenvalue weighted by atomic mass is 10.0. The lowest BCUT2D eigenvalue weighted by Crippen LogP contribution is -2.41. The molecular formula is C9H17NO3S. The van der Waals surface area contributed by atoms with Crippen molar-refractivity contribution in [1.82, 2.24) is 4.90 Å². The average molecular weight is 219 g/mol. The molecule has 1 atom stereocenters. The van der Waals surface area contributed by atoms with Gasteiger partial charge in [-0.3, -0.25) is 4.79 Å². The summed E-state index contributed by atoms with van der Waals surface area (Å²) in [6.07, 6.45) is 3.21. The van der Waals surface area contributed by atoms with Crippen molar-refractivity contribution in [3.05, 3.63) is 0 Å². The van der Waals surface area contributed by atoms with Crippen LogP contribution in [0.15, 0.2) is 0 Å². The summed E-state index contributed by atoms with van der Waals surface area (Å²) >= 11 is 0. The van der Waals surface area contributed by atoms with Crippen LogP contribution in [-0.4, -0.2) is 44.3 Å². The molecule has 0 unspecified atom stereocenters. The largest absolute Gasteiger partial charge is 0.342 e. The Morgan fingerprint density at radius 2 is 2.14 bits per heavy atom. The molecule has 0 aromatic rings. The smallest absolute Gasteiger partial charge is 0.237 e. The molecule has 0 aromatic heterocycles. The number of amides is 1. The number of hydrogen-bond donors (Lipinski definition) is 0. The third kappa shape index (κ3) is 3.65. The maximum absolute atomic E-state index is 11.5. The molecule has 1 amide bonds. The molecule has 0 saturated carbocycles. The molecule has 4 nitrogen and oxygen atoms in total. The molecule has 0 spiro atoms. The standard InChI is InChI=1S/C9H17NO3S/c1-8-4-3-5-10(6-8)9(11)7-14(2,12)13/h8H,3-7H2,1-2H3/t8-/m1/s1. The molecule has 82 valence electrons. The lowest BCUT2D eigenvalue weighted by Gasteiger charge is -2.30. The summed E-state index contributed by atoms with van der Waals surface area (Å²) in [7, 11) is -3.18. The van der Waals surface area contributed by atoms with E-state index in [-0.39, 0.29) is 11.7 Å². The minimum atomic E-state index is -3.18. The highest BCUT2D eigenvalue weighted by Gasteiger charge is 2.23. The van der Waals surface area contributed by atoms with E-state index in [4.69, 9.17) is 0 Å². The van der Waals surface area contributed by atoms with Crippen LogP contribution in [0.1, 0.15) is 19.8 Å². The molecule has 0 N–H and O–H groups in total. The van der Waals surface area contributed by atoms with Crippen LogP contribution in [0.3, 0.4) is 0 Å². The number of hydrogen-bond acceptors (Lipinski definition) is 3. The summed E-state index contributed by atoms with van der Waals surface area (Å²) in [6.45, 7) is 3.49. The van der Waals surface area contributed by atoms with Gasteiger partial charge in [-0.2, -0.15) is 0 Å². The van der Waals surface area contributed by atoms with E-state index in [0.717, 1.165) is 19.1 Å². The minimum absolute atomic E-state index is 0.251. The molecular weight excluding hydrogens is 202 g/mol. The van der Waals surface area contributed by atoms with Gasteiger partial charge >= 0.3 is 0 Å². The van der Waals surface area contributed by atoms with Crippen molar-refractivity contribution in [1.29, 1.82) is 0 Å². The number of sulfone groups is 1. The van der Waals surface area contributed by atoms with E-state index in [2.05, 4.69) is 6.92 Å². The average Bonchev–Trinajstić information content (AvgIpc) is 2.01. The van der Waals surface area contributed by atoms with Crippen molar-refractivity contribution in [3.8, 4) is 0 Å². The Labute approximate surface area is 85.2 Å². The van der Waals surface area contributed by atoms with E-state index in [1.807, 2.05) is 0 Å². The second kappa shape index (κ2) is 4.29. The Balaban J connectivity index is 2.52. The van der Waals surface area contributed by atoms with Gasteiger partial charge in [0.1, 0.15) is 5.75 Å². The number of piperidine rings is 1. The van der Waals surface area contributed by atoms with E-state index in [1.54, 1.807) is 4.90 Å². The molecule has 1 rings (SSSR count). The van der Waals surface area contributed by atoms with Crippen molar-refractivity contribution in [2.45, 2.75) is 19.8 Å². The minimum Gasteiger partial charge on any atom is -0.342 e. The van der Waals surface area contributed by atoms with Gasteiger partial charge in [0.15, 0.2) is 9.84 Å². The Hall–Kier alpha value is -0.580. The zero-order chi connectivity index (χ0) is 10.8. The highest BCUT2D eigenvalue weighted by Crippen LogP contribution is 2.15. The molecule has 1 fully saturated rings. The van der Waals surface area contributed by atoms with Gasteiger partial charge in [-0.1, -0.05) is 6.92 Å². The van der Waals surface area contributed by atoms with Crippen molar-refractivity contribution >= 4 is 15.7 Å². The van der Waals surface area contributed by atoms with Crippen molar-refractivity contribution < 1.29 is 13.2 Å². The van der Waals surface area contributed by atoms with E-state index in [1.165, 1.54) is 0 Å². The molecule has 14 heavy (non-hydrogen) atoms. The van der Waals surface area contributed by atoms with Gasteiger partial charge in [0.05, 0.1) is 0 Å². The SMILES string of the molecule is C[C@@H]1CCCN(C(=O)CS(C)(=O)=O)C1. The molecule has 1 aliphatic heterocycles. The summed E-state index contributed by atoms with van der Waals surface area (Å²) in [5.74, 6) is -0.106. The van der Waals surface area contributed by atoms with Gasteiger partial charge in [0.25, 0.3) is 0 Å². The van der Waals surface area contributed by atoms with Gasteiger partial charge in [0.2, 0.25) is 5.91 Å². The molecule has 0 aliphatic carbocycles. The topological polar surface area (TPSA) is 54.5 Å². The molecule has 1 heterocycles. The maximum atomic E-state index is 11.5. The lowest BCUT2D eigenvalue weighted by molar-refractivity contribution is -0.130. The highest BCUT2D eigenvalue weighted by molar-refractivity contribution is 7.91. The Morgan fingerprint density at radius 1 is 1.50 bits per heavy atom. The van der Waals surface area contributed by atoms with Crippen LogP contribution in [0.25, 0.3) is 0 Å². The molecule has 0 radical (unpaired) electrons. The van der Waals surface area contributed by atoms with Crippen LogP contribution >= 0.6 is 0 Å². The summed E-state index contributed by atoms with van der Waals surface area (Å²) < 4.78 is 21.8. The number of nitrogens with zero attached hydrogens (tertiary/aromatic N) is 1. The fraction of sp³-hybridized carbons (Fsp3) is 0.889. The van der Waals surface area contributed by atoms with Crippen molar-refractivity contribution in [3.63, 3.8) is 0 Å². The summed E-state index contributed by atoms with van der Waals surface area (Å²) in [5.41, 5.74) is 0. The number of carbonyl (C=O) groups excluding carboxylic acids is 1. The predicted molar refractivity (Wildman–Crippen MR) is 54.7 cm³/mol. The van der Waals surface area contributed by atoms with Gasteiger partial charge in [-0.05, 0) is 18.8 Å². The van der Waals surface area contributed by atoms with E-state index >= 15 is 0 Å². The summed E-state index contributed by atoms with van der Waals surface area (Å²) in [4.78, 5) is 13.2. The van der Waals surface area contributed by atoms with E-state index in [0.29, 0.717) is 19.0 Å². The van der Waals surface area contributed by atoms with Crippen LogP contribution in [0.2, 0.25) is 0 Å². The number of likely N-dealkylation sites (tertiary alicyclic amines) is 1. The maximum Gasteiger partial charge on any atom is 0.237 e. The number of rotatable bonds is 2. The van der Waals surface area contributed by atoms with E-state index in [9.17, 15) is 13.2 Å².